The standard InChI is InChI=1S/C54H37N5/c1-54(2)44-19-9-6-16-39(44)40-30-26-35(32-45(40)54)34-24-27-37(28-25-34)56-47-21-11-7-17-41(47)43-33-38(29-31-49(43)56)57-48-22-12-8-18-42(48)51-52(57)59-50-23-13-10-20-46(50)55-53(59)58(51)36-14-4-3-5-15-36/h3-33H,1-2H3. The van der Waals surface area contributed by atoms with Crippen molar-refractivity contribution in [1.29, 1.82) is 0 Å². The molecule has 13 rings (SSSR count). The van der Waals surface area contributed by atoms with Crippen molar-refractivity contribution >= 4 is 60.7 Å². The van der Waals surface area contributed by atoms with Crippen LogP contribution in [-0.4, -0.2) is 23.1 Å². The maximum Gasteiger partial charge on any atom is 0.221 e. The number of nitrogens with zero attached hydrogens (tertiary/aromatic N) is 5. The lowest BCUT2D eigenvalue weighted by Gasteiger charge is -2.22. The molecule has 0 spiro atoms. The summed E-state index contributed by atoms with van der Waals surface area (Å²) in [7, 11) is 0. The molecule has 1 aliphatic rings. The van der Waals surface area contributed by atoms with Crippen LogP contribution in [0, 0.1) is 0 Å². The maximum atomic E-state index is 5.24. The fourth-order valence-corrected chi connectivity index (χ4v) is 10.3. The van der Waals surface area contributed by atoms with E-state index in [1.165, 1.54) is 60.6 Å². The molecule has 0 saturated heterocycles. The van der Waals surface area contributed by atoms with E-state index >= 15 is 0 Å². The minimum Gasteiger partial charge on any atom is -0.309 e. The molecule has 59 heavy (non-hydrogen) atoms. The molecule has 0 atom stereocenters. The molecule has 5 heteroatoms. The fourth-order valence-electron chi connectivity index (χ4n) is 10.3. The van der Waals surface area contributed by atoms with E-state index in [0.29, 0.717) is 0 Å². The largest absolute Gasteiger partial charge is 0.309 e. The van der Waals surface area contributed by atoms with Crippen molar-refractivity contribution < 1.29 is 0 Å². The van der Waals surface area contributed by atoms with E-state index in [1.54, 1.807) is 0 Å². The molecule has 0 radical (unpaired) electrons. The van der Waals surface area contributed by atoms with Gasteiger partial charge in [-0.25, -0.2) is 4.98 Å². The Morgan fingerprint density at radius 2 is 1.02 bits per heavy atom. The molecule has 8 aromatic carbocycles. The molecule has 278 valence electrons. The van der Waals surface area contributed by atoms with Crippen LogP contribution in [0.15, 0.2) is 188 Å². The molecular formula is C54H37N5. The van der Waals surface area contributed by atoms with Crippen LogP contribution >= 0.6 is 0 Å². The van der Waals surface area contributed by atoms with Gasteiger partial charge < -0.3 is 4.57 Å². The summed E-state index contributed by atoms with van der Waals surface area (Å²) in [5.41, 5.74) is 19.1. The highest BCUT2D eigenvalue weighted by atomic mass is 15.3. The summed E-state index contributed by atoms with van der Waals surface area (Å²) in [5, 5.41) is 3.62. The second-order valence-corrected chi connectivity index (χ2v) is 16.5. The van der Waals surface area contributed by atoms with Gasteiger partial charge >= 0.3 is 0 Å². The molecule has 0 saturated carbocycles. The average molecular weight is 756 g/mol. The number of aromatic nitrogens is 5. The minimum absolute atomic E-state index is 0.0349. The van der Waals surface area contributed by atoms with E-state index in [9.17, 15) is 0 Å². The number of rotatable bonds is 4. The average Bonchev–Trinajstić information content (AvgIpc) is 4.05. The quantitative estimate of drug-likeness (QED) is 0.176. The highest BCUT2D eigenvalue weighted by Crippen LogP contribution is 2.49. The number of benzene rings is 8. The van der Waals surface area contributed by atoms with E-state index in [0.717, 1.165) is 50.6 Å². The van der Waals surface area contributed by atoms with Crippen molar-refractivity contribution in [2.24, 2.45) is 0 Å². The lowest BCUT2D eigenvalue weighted by Crippen LogP contribution is -2.14. The van der Waals surface area contributed by atoms with E-state index in [1.807, 2.05) is 0 Å². The normalized spacial score (nSPS) is 13.4. The van der Waals surface area contributed by atoms with Crippen LogP contribution in [0.3, 0.4) is 0 Å². The summed E-state index contributed by atoms with van der Waals surface area (Å²) < 4.78 is 9.51. The molecule has 0 unspecified atom stereocenters. The maximum absolute atomic E-state index is 5.24. The summed E-state index contributed by atoms with van der Waals surface area (Å²) in [6, 6.07) is 68.6. The van der Waals surface area contributed by atoms with E-state index in [2.05, 4.69) is 220 Å². The minimum atomic E-state index is -0.0349. The van der Waals surface area contributed by atoms with Crippen molar-refractivity contribution in [2.45, 2.75) is 19.3 Å². The van der Waals surface area contributed by atoms with Gasteiger partial charge in [0, 0.05) is 38.6 Å². The highest BCUT2D eigenvalue weighted by Gasteiger charge is 2.35. The molecule has 4 aromatic heterocycles. The van der Waals surface area contributed by atoms with Gasteiger partial charge in [-0.2, -0.15) is 0 Å². The second-order valence-electron chi connectivity index (χ2n) is 16.5. The van der Waals surface area contributed by atoms with Crippen LogP contribution in [-0.2, 0) is 5.41 Å². The molecule has 0 amide bonds. The fraction of sp³-hybridized carbons (Fsp3) is 0.0556. The number of fused-ring (bicyclic) bond motifs is 13. The predicted octanol–water partition coefficient (Wildman–Crippen LogP) is 13.4. The Kier molecular flexibility index (Phi) is 6.44. The van der Waals surface area contributed by atoms with Gasteiger partial charge in [-0.3, -0.25) is 13.5 Å². The van der Waals surface area contributed by atoms with E-state index in [-0.39, 0.29) is 5.41 Å². The van der Waals surface area contributed by atoms with Crippen molar-refractivity contribution in [3.8, 4) is 39.3 Å². The van der Waals surface area contributed by atoms with Gasteiger partial charge in [0.05, 0.1) is 27.6 Å². The molecule has 0 aliphatic heterocycles. The van der Waals surface area contributed by atoms with Crippen LogP contribution in [0.1, 0.15) is 25.0 Å². The van der Waals surface area contributed by atoms with Crippen LogP contribution in [0.5, 0.6) is 0 Å². The number of hydrogen-bond donors (Lipinski definition) is 0. The van der Waals surface area contributed by atoms with Crippen LogP contribution in [0.25, 0.3) is 100.0 Å². The zero-order chi connectivity index (χ0) is 39.0. The molecular weight excluding hydrogens is 719 g/mol. The third-order valence-corrected chi connectivity index (χ3v) is 13.0. The van der Waals surface area contributed by atoms with Crippen molar-refractivity contribution in [3.63, 3.8) is 0 Å². The summed E-state index contributed by atoms with van der Waals surface area (Å²) >= 11 is 0. The van der Waals surface area contributed by atoms with Gasteiger partial charge in [0.1, 0.15) is 5.52 Å². The van der Waals surface area contributed by atoms with E-state index in [4.69, 9.17) is 4.98 Å². The van der Waals surface area contributed by atoms with Gasteiger partial charge in [-0.05, 0) is 106 Å². The molecule has 5 nitrogen and oxygen atoms in total. The first kappa shape index (κ1) is 32.5. The summed E-state index contributed by atoms with van der Waals surface area (Å²) in [6.07, 6.45) is 0. The van der Waals surface area contributed by atoms with Gasteiger partial charge in [-0.15, -0.1) is 0 Å². The first-order valence-corrected chi connectivity index (χ1v) is 20.4. The lowest BCUT2D eigenvalue weighted by atomic mass is 9.81. The summed E-state index contributed by atoms with van der Waals surface area (Å²) in [6.45, 7) is 4.70. The molecule has 1 aliphatic carbocycles. The number of hydrogen-bond acceptors (Lipinski definition) is 1. The number of para-hydroxylation sites is 5. The Bertz CT molecular complexity index is 3680. The predicted molar refractivity (Wildman–Crippen MR) is 244 cm³/mol. The summed E-state index contributed by atoms with van der Waals surface area (Å²) in [4.78, 5) is 5.24. The van der Waals surface area contributed by atoms with Crippen LogP contribution in [0.2, 0.25) is 0 Å². The van der Waals surface area contributed by atoms with Crippen molar-refractivity contribution in [2.75, 3.05) is 0 Å². The van der Waals surface area contributed by atoms with Gasteiger partial charge in [0.2, 0.25) is 5.78 Å². The van der Waals surface area contributed by atoms with Crippen LogP contribution in [0.4, 0.5) is 0 Å². The Morgan fingerprint density at radius 3 is 1.85 bits per heavy atom. The first-order chi connectivity index (χ1) is 29.0. The molecule has 12 aromatic rings. The third kappa shape index (κ3) is 4.36. The molecule has 0 bridgehead atoms. The first-order valence-electron chi connectivity index (χ1n) is 20.4. The van der Waals surface area contributed by atoms with Crippen molar-refractivity contribution in [3.05, 3.63) is 199 Å². The van der Waals surface area contributed by atoms with Gasteiger partial charge in [-0.1, -0.05) is 129 Å². The highest BCUT2D eigenvalue weighted by molar-refractivity contribution is 6.12. The Labute approximate surface area is 340 Å². The smallest absolute Gasteiger partial charge is 0.221 e. The third-order valence-electron chi connectivity index (χ3n) is 13.0. The zero-order valence-electron chi connectivity index (χ0n) is 32.6. The lowest BCUT2D eigenvalue weighted by molar-refractivity contribution is 0.660. The van der Waals surface area contributed by atoms with Crippen LogP contribution < -0.4 is 0 Å². The number of imidazole rings is 2. The SMILES string of the molecule is CC1(C)c2ccccc2-c2ccc(-c3ccc(-n4c5ccccc5c5cc(-n6c7ccccc7c7c6n6c8ccccc8nc6n7-c6ccccc6)ccc54)cc3)cc21. The molecule has 0 fully saturated rings. The zero-order valence-corrected chi connectivity index (χ0v) is 32.6. The topological polar surface area (TPSA) is 32.1 Å². The Balaban J connectivity index is 0.995. The molecule has 4 heterocycles. The Morgan fingerprint density at radius 1 is 0.407 bits per heavy atom. The Hall–Kier alpha value is -7.63. The van der Waals surface area contributed by atoms with Gasteiger partial charge in [0.25, 0.3) is 0 Å². The second kappa shape index (κ2) is 11.7. The van der Waals surface area contributed by atoms with Gasteiger partial charge in [0.15, 0.2) is 5.65 Å². The summed E-state index contributed by atoms with van der Waals surface area (Å²) in [5.74, 6) is 0.900. The molecule has 0 N–H and O–H groups in total. The van der Waals surface area contributed by atoms with Crippen molar-refractivity contribution in [1.82, 2.24) is 23.1 Å². The monoisotopic (exact) mass is 755 g/mol. The van der Waals surface area contributed by atoms with E-state index < -0.39 is 0 Å².